The summed E-state index contributed by atoms with van der Waals surface area (Å²) in [6.07, 6.45) is 4.21. The molecule has 0 atom stereocenters. The van der Waals surface area contributed by atoms with Gasteiger partial charge >= 0.3 is 0 Å². The van der Waals surface area contributed by atoms with E-state index in [-0.39, 0.29) is 22.6 Å². The Morgan fingerprint density at radius 3 is 2.49 bits per heavy atom. The number of hydrogen-bond donors (Lipinski definition) is 1. The fraction of sp³-hybridized carbons (Fsp3) is 0.321. The van der Waals surface area contributed by atoms with Gasteiger partial charge in [0, 0.05) is 10.6 Å². The number of para-hydroxylation sites is 1. The molecule has 0 saturated heterocycles. The summed E-state index contributed by atoms with van der Waals surface area (Å²) in [5.41, 5.74) is 3.94. The summed E-state index contributed by atoms with van der Waals surface area (Å²) in [6.45, 7) is 6.49. The molecule has 0 radical (unpaired) electrons. The van der Waals surface area contributed by atoms with Crippen LogP contribution in [0.4, 0.5) is 5.69 Å². The van der Waals surface area contributed by atoms with Gasteiger partial charge < -0.3 is 5.32 Å². The number of carbonyl (C=O) groups is 1. The zero-order valence-corrected chi connectivity index (χ0v) is 21.9. The molecule has 2 heterocycles. The average Bonchev–Trinajstić information content (AvgIpc) is 3.22. The summed E-state index contributed by atoms with van der Waals surface area (Å²) in [6, 6.07) is 17.5. The fourth-order valence-corrected chi connectivity index (χ4v) is 6.58. The number of aromatic nitrogens is 2. The van der Waals surface area contributed by atoms with E-state index in [4.69, 9.17) is 4.98 Å². The highest BCUT2D eigenvalue weighted by molar-refractivity contribution is 7.99. The first-order valence-electron chi connectivity index (χ1n) is 12.0. The van der Waals surface area contributed by atoms with E-state index in [1.165, 1.54) is 27.8 Å². The molecule has 0 bridgehead atoms. The van der Waals surface area contributed by atoms with Crippen molar-refractivity contribution in [2.45, 2.75) is 57.0 Å². The average molecular weight is 504 g/mol. The quantitative estimate of drug-likeness (QED) is 0.254. The third kappa shape index (κ3) is 4.93. The Balaban J connectivity index is 1.43. The standard InChI is InChI=1S/C28H29N3O2S2/c1-28(2,3)18-13-15-19(16-14-18)29-23(32)17-34-27-30-25-24(21-11-7-8-12-22(21)35-25)26(33)31(27)20-9-5-4-6-10-20/h4-6,9-10,13-16H,7-8,11-12,17H2,1-3H3,(H,29,32). The van der Waals surface area contributed by atoms with Gasteiger partial charge in [-0.25, -0.2) is 4.98 Å². The van der Waals surface area contributed by atoms with E-state index in [0.29, 0.717) is 5.16 Å². The number of rotatable bonds is 5. The van der Waals surface area contributed by atoms with E-state index < -0.39 is 0 Å². The molecule has 5 rings (SSSR count). The topological polar surface area (TPSA) is 64.0 Å². The molecule has 2 aromatic heterocycles. The molecule has 180 valence electrons. The summed E-state index contributed by atoms with van der Waals surface area (Å²) in [7, 11) is 0. The molecular formula is C28H29N3O2S2. The Kier molecular flexibility index (Phi) is 6.55. The van der Waals surface area contributed by atoms with Crippen molar-refractivity contribution in [2.24, 2.45) is 0 Å². The van der Waals surface area contributed by atoms with Crippen molar-refractivity contribution in [1.82, 2.24) is 9.55 Å². The molecule has 2 aromatic carbocycles. The number of amides is 1. The number of anilines is 1. The molecule has 0 spiro atoms. The van der Waals surface area contributed by atoms with E-state index in [2.05, 4.69) is 26.1 Å². The van der Waals surface area contributed by atoms with Crippen LogP contribution in [0.25, 0.3) is 15.9 Å². The van der Waals surface area contributed by atoms with E-state index in [1.807, 2.05) is 54.6 Å². The highest BCUT2D eigenvalue weighted by Crippen LogP contribution is 2.35. The molecule has 1 amide bonds. The van der Waals surface area contributed by atoms with Crippen LogP contribution >= 0.6 is 23.1 Å². The molecule has 0 saturated carbocycles. The zero-order valence-electron chi connectivity index (χ0n) is 20.3. The summed E-state index contributed by atoms with van der Waals surface area (Å²) >= 11 is 2.93. The molecule has 4 aromatic rings. The largest absolute Gasteiger partial charge is 0.325 e. The summed E-state index contributed by atoms with van der Waals surface area (Å²) in [5.74, 6) is 0.0367. The van der Waals surface area contributed by atoms with Crippen LogP contribution in [0.15, 0.2) is 64.5 Å². The van der Waals surface area contributed by atoms with Gasteiger partial charge in [0.05, 0.1) is 16.8 Å². The number of nitrogens with zero attached hydrogens (tertiary/aromatic N) is 2. The number of aryl methyl sites for hydroxylation is 2. The van der Waals surface area contributed by atoms with Gasteiger partial charge in [-0.3, -0.25) is 14.2 Å². The normalized spacial score (nSPS) is 13.6. The van der Waals surface area contributed by atoms with Crippen molar-refractivity contribution < 1.29 is 4.79 Å². The molecule has 5 nitrogen and oxygen atoms in total. The smallest absolute Gasteiger partial charge is 0.267 e. The predicted molar refractivity (Wildman–Crippen MR) is 146 cm³/mol. The molecule has 0 fully saturated rings. The monoisotopic (exact) mass is 503 g/mol. The Bertz CT molecular complexity index is 1430. The van der Waals surface area contributed by atoms with Crippen molar-refractivity contribution in [3.05, 3.63) is 81.0 Å². The van der Waals surface area contributed by atoms with Crippen LogP contribution in [-0.2, 0) is 23.1 Å². The lowest BCUT2D eigenvalue weighted by Gasteiger charge is -2.19. The highest BCUT2D eigenvalue weighted by atomic mass is 32.2. The second-order valence-corrected chi connectivity index (χ2v) is 12.0. The van der Waals surface area contributed by atoms with E-state index in [0.717, 1.165) is 47.3 Å². The first kappa shape index (κ1) is 23.8. The minimum absolute atomic E-state index is 0.0405. The van der Waals surface area contributed by atoms with Crippen molar-refractivity contribution >= 4 is 44.9 Å². The maximum atomic E-state index is 13.7. The van der Waals surface area contributed by atoms with Gasteiger partial charge in [-0.05, 0) is 66.5 Å². The van der Waals surface area contributed by atoms with Gasteiger partial charge in [0.1, 0.15) is 4.83 Å². The zero-order chi connectivity index (χ0) is 24.6. The van der Waals surface area contributed by atoms with Crippen molar-refractivity contribution in [1.29, 1.82) is 0 Å². The van der Waals surface area contributed by atoms with Gasteiger partial charge in [-0.1, -0.05) is 62.9 Å². The number of thioether (sulfide) groups is 1. The molecular weight excluding hydrogens is 474 g/mol. The van der Waals surface area contributed by atoms with E-state index in [9.17, 15) is 9.59 Å². The predicted octanol–water partition coefficient (Wildman–Crippen LogP) is 6.35. The lowest BCUT2D eigenvalue weighted by atomic mass is 9.87. The molecule has 0 aliphatic heterocycles. The van der Waals surface area contributed by atoms with Gasteiger partial charge in [0.15, 0.2) is 5.16 Å². The van der Waals surface area contributed by atoms with Crippen molar-refractivity contribution in [2.75, 3.05) is 11.1 Å². The van der Waals surface area contributed by atoms with Crippen LogP contribution in [0.5, 0.6) is 0 Å². The molecule has 7 heteroatoms. The third-order valence-electron chi connectivity index (χ3n) is 6.34. The maximum absolute atomic E-state index is 13.7. The van der Waals surface area contributed by atoms with Gasteiger partial charge in [-0.2, -0.15) is 0 Å². The van der Waals surface area contributed by atoms with Crippen LogP contribution < -0.4 is 10.9 Å². The Morgan fingerprint density at radius 1 is 1.06 bits per heavy atom. The summed E-state index contributed by atoms with van der Waals surface area (Å²) in [4.78, 5) is 33.5. The lowest BCUT2D eigenvalue weighted by molar-refractivity contribution is -0.113. The van der Waals surface area contributed by atoms with E-state index >= 15 is 0 Å². The van der Waals surface area contributed by atoms with Crippen LogP contribution in [0.1, 0.15) is 49.6 Å². The Morgan fingerprint density at radius 2 is 1.77 bits per heavy atom. The second-order valence-electron chi connectivity index (χ2n) is 9.93. The van der Waals surface area contributed by atoms with Gasteiger partial charge in [0.2, 0.25) is 5.91 Å². The third-order valence-corrected chi connectivity index (χ3v) is 8.46. The minimum Gasteiger partial charge on any atom is -0.325 e. The van der Waals surface area contributed by atoms with Crippen LogP contribution in [0.3, 0.4) is 0 Å². The van der Waals surface area contributed by atoms with Crippen LogP contribution in [0, 0.1) is 0 Å². The highest BCUT2D eigenvalue weighted by Gasteiger charge is 2.23. The molecule has 35 heavy (non-hydrogen) atoms. The van der Waals surface area contributed by atoms with Crippen molar-refractivity contribution in [3.63, 3.8) is 0 Å². The van der Waals surface area contributed by atoms with Crippen molar-refractivity contribution in [3.8, 4) is 5.69 Å². The Hall–Kier alpha value is -2.90. The first-order chi connectivity index (χ1) is 16.8. The number of thiophene rings is 1. The summed E-state index contributed by atoms with van der Waals surface area (Å²) < 4.78 is 1.67. The minimum atomic E-state index is -0.127. The second kappa shape index (κ2) is 9.63. The number of benzene rings is 2. The fourth-order valence-electron chi connectivity index (χ4n) is 4.47. The van der Waals surface area contributed by atoms with Crippen LogP contribution in [-0.4, -0.2) is 21.2 Å². The SMILES string of the molecule is CC(C)(C)c1ccc(NC(=O)CSc2nc3sc4c(c3c(=O)n2-c2ccccc2)CCCC4)cc1. The first-order valence-corrected chi connectivity index (χ1v) is 13.8. The number of nitrogens with one attached hydrogen (secondary N) is 1. The summed E-state index contributed by atoms with van der Waals surface area (Å²) in [5, 5.41) is 4.27. The van der Waals surface area contributed by atoms with Crippen LogP contribution in [0.2, 0.25) is 0 Å². The molecule has 0 unspecified atom stereocenters. The number of fused-ring (bicyclic) bond motifs is 3. The maximum Gasteiger partial charge on any atom is 0.267 e. The van der Waals surface area contributed by atoms with Gasteiger partial charge in [0.25, 0.3) is 5.56 Å². The molecule has 1 N–H and O–H groups in total. The molecule has 1 aliphatic rings. The lowest BCUT2D eigenvalue weighted by Crippen LogP contribution is -2.23. The number of carbonyl (C=O) groups excluding carboxylic acids is 1. The Labute approximate surface area is 213 Å². The van der Waals surface area contributed by atoms with Gasteiger partial charge in [-0.15, -0.1) is 11.3 Å². The molecule has 1 aliphatic carbocycles. The number of hydrogen-bond acceptors (Lipinski definition) is 5. The van der Waals surface area contributed by atoms with E-state index in [1.54, 1.807) is 15.9 Å².